The van der Waals surface area contributed by atoms with Gasteiger partial charge in [0.2, 0.25) is 21.7 Å². The molecule has 2 fully saturated rings. The number of rotatable bonds is 10. The second kappa shape index (κ2) is 15.2. The van der Waals surface area contributed by atoms with E-state index >= 15 is 0 Å². The predicted molar refractivity (Wildman–Crippen MR) is 208 cm³/mol. The molecule has 4 heterocycles. The minimum atomic E-state index is -4.64. The number of carbonyl (C=O) groups excluding carboxylic acids is 2. The quantitative estimate of drug-likeness (QED) is 0.194. The Kier molecular flexibility index (Phi) is 10.2. The molecule has 0 radical (unpaired) electrons. The molecule has 2 amide bonds. The van der Waals surface area contributed by atoms with Crippen LogP contribution in [0.5, 0.6) is 11.5 Å². The van der Waals surface area contributed by atoms with Gasteiger partial charge in [-0.2, -0.15) is 22.7 Å². The van der Waals surface area contributed by atoms with Gasteiger partial charge in [0.05, 0.1) is 44.0 Å². The first-order valence-corrected chi connectivity index (χ1v) is 20.4. The molecule has 3 aromatic carbocycles. The van der Waals surface area contributed by atoms with Gasteiger partial charge in [0.15, 0.2) is 17.3 Å². The van der Waals surface area contributed by atoms with E-state index in [9.17, 15) is 36.0 Å². The summed E-state index contributed by atoms with van der Waals surface area (Å²) in [7, 11) is -3.63. The number of anilines is 3. The van der Waals surface area contributed by atoms with Crippen LogP contribution in [0.1, 0.15) is 41.4 Å². The summed E-state index contributed by atoms with van der Waals surface area (Å²) in [6.45, 7) is 2.71. The zero-order valence-corrected chi connectivity index (χ0v) is 32.5. The van der Waals surface area contributed by atoms with Crippen LogP contribution in [0.3, 0.4) is 0 Å². The van der Waals surface area contributed by atoms with E-state index in [-0.39, 0.29) is 84.4 Å². The van der Waals surface area contributed by atoms with Crippen molar-refractivity contribution < 1.29 is 40.7 Å². The first-order chi connectivity index (χ1) is 27.7. The van der Waals surface area contributed by atoms with Gasteiger partial charge >= 0.3 is 6.18 Å². The largest absolute Gasteiger partial charge is 0.486 e. The molecule has 0 unspecified atom stereocenters. The molecule has 15 nitrogen and oxygen atoms in total. The summed E-state index contributed by atoms with van der Waals surface area (Å²) in [6, 6.07) is 14.2. The third-order valence-electron chi connectivity index (χ3n) is 10.1. The molecule has 1 saturated heterocycles. The highest BCUT2D eigenvalue weighted by Gasteiger charge is 2.37. The number of sulfonamides is 1. The van der Waals surface area contributed by atoms with E-state index in [0.717, 1.165) is 22.7 Å². The molecule has 1 saturated carbocycles. The van der Waals surface area contributed by atoms with Crippen molar-refractivity contribution in [3.05, 3.63) is 92.9 Å². The van der Waals surface area contributed by atoms with Gasteiger partial charge in [0.25, 0.3) is 11.5 Å². The Morgan fingerprint density at radius 3 is 2.41 bits per heavy atom. The Morgan fingerprint density at radius 1 is 0.966 bits per heavy atom. The van der Waals surface area contributed by atoms with Gasteiger partial charge in [0.1, 0.15) is 25.4 Å². The summed E-state index contributed by atoms with van der Waals surface area (Å²) < 4.78 is 82.2. The molecule has 1 aliphatic carbocycles. The predicted octanol–water partition coefficient (Wildman–Crippen LogP) is 5.07. The first-order valence-electron chi connectivity index (χ1n) is 18.5. The number of ether oxygens (including phenoxy) is 2. The van der Waals surface area contributed by atoms with Crippen molar-refractivity contribution in [2.45, 2.75) is 44.2 Å². The van der Waals surface area contributed by atoms with Crippen molar-refractivity contribution >= 4 is 56.3 Å². The number of nitrogens with zero attached hydrogens (tertiary/aromatic N) is 6. The van der Waals surface area contributed by atoms with Gasteiger partial charge in [-0.15, -0.1) is 5.10 Å². The van der Waals surface area contributed by atoms with Crippen LogP contribution in [-0.4, -0.2) is 88.9 Å². The van der Waals surface area contributed by atoms with Crippen LogP contribution in [0.2, 0.25) is 5.02 Å². The fraction of sp³-hybridized carbons (Fsp3) is 0.342. The highest BCUT2D eigenvalue weighted by Crippen LogP contribution is 2.39. The standard InChI is InChI=1S/C38H36ClF3N8O7S/c1-2-29-32(47-14-16-48(17-15-47)35(52)24-6-3-4-8-27(24)46-58(54,55)23-11-12-23)36(53)50-37(44-34(45-50)25-7-5-9-30-33(25)57-19-18-56-30)49(29)21-31(51)43-28-13-10-22(20-26(28)39)38(40,41)42/h3-10,13,20,23,46H,2,11-12,14-19,21H2,1H3,(H,43,51). The van der Waals surface area contributed by atoms with E-state index < -0.39 is 45.0 Å². The van der Waals surface area contributed by atoms with Crippen LogP contribution in [0.4, 0.5) is 30.2 Å². The van der Waals surface area contributed by atoms with Gasteiger partial charge in [0, 0.05) is 26.2 Å². The lowest BCUT2D eigenvalue weighted by molar-refractivity contribution is -0.137. The van der Waals surface area contributed by atoms with E-state index in [1.54, 1.807) is 59.2 Å². The summed E-state index contributed by atoms with van der Waals surface area (Å²) in [6.07, 6.45) is -3.28. The summed E-state index contributed by atoms with van der Waals surface area (Å²) in [5.41, 5.74) is -0.0940. The molecule has 0 spiro atoms. The maximum Gasteiger partial charge on any atom is 0.416 e. The minimum Gasteiger partial charge on any atom is -0.486 e. The van der Waals surface area contributed by atoms with Crippen molar-refractivity contribution in [3.8, 4) is 22.9 Å². The van der Waals surface area contributed by atoms with Crippen LogP contribution in [0.25, 0.3) is 17.2 Å². The first kappa shape index (κ1) is 39.0. The van der Waals surface area contributed by atoms with E-state index in [1.165, 1.54) is 4.57 Å². The molecule has 2 aromatic heterocycles. The lowest BCUT2D eigenvalue weighted by atomic mass is 10.1. The molecule has 5 aromatic rings. The molecular weight excluding hydrogens is 805 g/mol. The lowest BCUT2D eigenvalue weighted by Gasteiger charge is -2.37. The summed E-state index contributed by atoms with van der Waals surface area (Å²) in [4.78, 5) is 50.1. The van der Waals surface area contributed by atoms with Crippen molar-refractivity contribution in [3.63, 3.8) is 0 Å². The second-order valence-corrected chi connectivity index (χ2v) is 16.3. The number of hydrogen-bond acceptors (Lipinski definition) is 10. The normalized spacial score (nSPS) is 15.7. The van der Waals surface area contributed by atoms with Crippen LogP contribution in [0.15, 0.2) is 65.5 Å². The second-order valence-electron chi connectivity index (χ2n) is 13.9. The topological polar surface area (TPSA) is 169 Å². The van der Waals surface area contributed by atoms with E-state index in [4.69, 9.17) is 26.1 Å². The molecule has 58 heavy (non-hydrogen) atoms. The SMILES string of the molecule is CCc1c(N2CCN(C(=O)c3ccccc3NS(=O)(=O)C3CC3)CC2)c(=O)n2nc(-c3cccc4c3OCCO4)nc2n1CC(=O)Nc1ccc(C(F)(F)F)cc1Cl. The summed E-state index contributed by atoms with van der Waals surface area (Å²) >= 11 is 6.16. The molecule has 20 heteroatoms. The molecule has 2 aliphatic heterocycles. The summed E-state index contributed by atoms with van der Waals surface area (Å²) in [5, 5.41) is 6.36. The van der Waals surface area contributed by atoms with Crippen LogP contribution in [-0.2, 0) is 34.0 Å². The van der Waals surface area contributed by atoms with Gasteiger partial charge in [-0.3, -0.25) is 19.1 Å². The number of hydrogen-bond donors (Lipinski definition) is 2. The molecule has 304 valence electrons. The van der Waals surface area contributed by atoms with Crippen molar-refractivity contribution in [2.24, 2.45) is 0 Å². The number of amides is 2. The van der Waals surface area contributed by atoms with Crippen LogP contribution in [0, 0.1) is 0 Å². The van der Waals surface area contributed by atoms with Crippen LogP contribution < -0.4 is 30.0 Å². The third-order valence-corrected chi connectivity index (χ3v) is 12.3. The fourth-order valence-electron chi connectivity index (χ4n) is 7.10. The van der Waals surface area contributed by atoms with E-state index in [2.05, 4.69) is 15.1 Å². The number of alkyl halides is 3. The van der Waals surface area contributed by atoms with Crippen molar-refractivity contribution in [2.75, 3.05) is 54.3 Å². The lowest BCUT2D eigenvalue weighted by Crippen LogP contribution is -2.51. The molecule has 0 atom stereocenters. The van der Waals surface area contributed by atoms with Gasteiger partial charge in [-0.1, -0.05) is 36.7 Å². The smallest absolute Gasteiger partial charge is 0.416 e. The molecule has 0 bridgehead atoms. The Labute approximate surface area is 334 Å². The number of carbonyl (C=O) groups is 2. The van der Waals surface area contributed by atoms with Gasteiger partial charge in [-0.25, -0.2) is 8.42 Å². The average molecular weight is 841 g/mol. The number of aromatic nitrogens is 4. The third kappa shape index (κ3) is 7.50. The summed E-state index contributed by atoms with van der Waals surface area (Å²) in [5.74, 6) is -0.0626. The van der Waals surface area contributed by atoms with Gasteiger partial charge in [-0.05, 0) is 61.7 Å². The number of para-hydroxylation sites is 2. The van der Waals surface area contributed by atoms with Crippen LogP contribution >= 0.6 is 11.6 Å². The maximum absolute atomic E-state index is 14.5. The highest BCUT2D eigenvalue weighted by atomic mass is 35.5. The Hall–Kier alpha value is -5.82. The Balaban J connectivity index is 1.13. The zero-order chi connectivity index (χ0) is 40.9. The zero-order valence-electron chi connectivity index (χ0n) is 30.9. The number of benzene rings is 3. The highest BCUT2D eigenvalue weighted by molar-refractivity contribution is 7.93. The average Bonchev–Trinajstić information content (AvgIpc) is 3.98. The molecule has 3 aliphatic rings. The Morgan fingerprint density at radius 2 is 1.71 bits per heavy atom. The number of nitrogens with one attached hydrogen (secondary N) is 2. The number of halogens is 4. The van der Waals surface area contributed by atoms with E-state index in [0.29, 0.717) is 42.2 Å². The fourth-order valence-corrected chi connectivity index (χ4v) is 8.73. The van der Waals surface area contributed by atoms with Gasteiger partial charge < -0.3 is 29.2 Å². The number of piperazine rings is 1. The Bertz CT molecular complexity index is 2620. The van der Waals surface area contributed by atoms with Crippen molar-refractivity contribution in [1.29, 1.82) is 0 Å². The molecule has 8 rings (SSSR count). The van der Waals surface area contributed by atoms with Crippen molar-refractivity contribution in [1.82, 2.24) is 24.1 Å². The maximum atomic E-state index is 14.5. The number of fused-ring (bicyclic) bond motifs is 2. The monoisotopic (exact) mass is 840 g/mol. The molecule has 2 N–H and O–H groups in total. The molecular formula is C38H36ClF3N8O7S. The minimum absolute atomic E-state index is 0.0164. The van der Waals surface area contributed by atoms with E-state index in [1.807, 2.05) is 0 Å².